The SMILES string of the molecule is COc1cnn(CCN(C)C)c1C(N)C1CN(C)CCO1. The molecule has 2 unspecified atom stereocenters. The topological polar surface area (TPSA) is 68.8 Å². The van der Waals surface area contributed by atoms with Crippen molar-refractivity contribution in [1.29, 1.82) is 0 Å². The molecule has 0 spiro atoms. The number of morpholine rings is 1. The van der Waals surface area contributed by atoms with Crippen molar-refractivity contribution in [3.05, 3.63) is 11.9 Å². The number of nitrogens with two attached hydrogens (primary N) is 1. The van der Waals surface area contributed by atoms with E-state index in [0.29, 0.717) is 6.61 Å². The molecule has 0 amide bonds. The van der Waals surface area contributed by atoms with E-state index in [4.69, 9.17) is 15.2 Å². The molecular formula is C14H27N5O2. The van der Waals surface area contributed by atoms with Gasteiger partial charge in [-0.05, 0) is 21.1 Å². The van der Waals surface area contributed by atoms with Gasteiger partial charge in [0, 0.05) is 19.6 Å². The van der Waals surface area contributed by atoms with Crippen LogP contribution in [0.15, 0.2) is 6.20 Å². The lowest BCUT2D eigenvalue weighted by Crippen LogP contribution is -2.46. The van der Waals surface area contributed by atoms with Gasteiger partial charge in [0.2, 0.25) is 0 Å². The molecular weight excluding hydrogens is 270 g/mol. The van der Waals surface area contributed by atoms with E-state index in [9.17, 15) is 0 Å². The molecule has 0 radical (unpaired) electrons. The van der Waals surface area contributed by atoms with Gasteiger partial charge in [-0.2, -0.15) is 5.10 Å². The van der Waals surface area contributed by atoms with E-state index in [1.807, 2.05) is 18.8 Å². The summed E-state index contributed by atoms with van der Waals surface area (Å²) >= 11 is 0. The van der Waals surface area contributed by atoms with Crippen molar-refractivity contribution in [2.75, 3.05) is 54.5 Å². The van der Waals surface area contributed by atoms with Crippen LogP contribution in [0.3, 0.4) is 0 Å². The largest absolute Gasteiger partial charge is 0.493 e. The van der Waals surface area contributed by atoms with Crippen LogP contribution in [0, 0.1) is 0 Å². The third-order valence-electron chi connectivity index (χ3n) is 3.84. The molecule has 2 rings (SSSR count). The Morgan fingerprint density at radius 1 is 1.57 bits per heavy atom. The second-order valence-electron chi connectivity index (χ2n) is 5.82. The summed E-state index contributed by atoms with van der Waals surface area (Å²) in [6.07, 6.45) is 1.70. The smallest absolute Gasteiger partial charge is 0.161 e. The lowest BCUT2D eigenvalue weighted by molar-refractivity contribution is -0.0342. The van der Waals surface area contributed by atoms with Gasteiger partial charge in [0.25, 0.3) is 0 Å². The second-order valence-corrected chi connectivity index (χ2v) is 5.82. The van der Waals surface area contributed by atoms with Crippen LogP contribution in [0.1, 0.15) is 11.7 Å². The van der Waals surface area contributed by atoms with Crippen LogP contribution in [0.25, 0.3) is 0 Å². The standard InChI is InChI=1S/C14H27N5O2/c1-17(2)5-6-19-14(11(20-4)9-16-19)13(15)12-10-18(3)7-8-21-12/h9,12-13H,5-8,10,15H2,1-4H3. The lowest BCUT2D eigenvalue weighted by Gasteiger charge is -2.33. The van der Waals surface area contributed by atoms with Gasteiger partial charge in [-0.3, -0.25) is 4.68 Å². The molecule has 1 aliphatic heterocycles. The van der Waals surface area contributed by atoms with Gasteiger partial charge in [-0.1, -0.05) is 0 Å². The maximum absolute atomic E-state index is 6.45. The quantitative estimate of drug-likeness (QED) is 0.783. The Kier molecular flexibility index (Phi) is 5.58. The van der Waals surface area contributed by atoms with Crippen molar-refractivity contribution in [2.45, 2.75) is 18.7 Å². The molecule has 2 heterocycles. The monoisotopic (exact) mass is 297 g/mol. The van der Waals surface area contributed by atoms with Gasteiger partial charge in [0.1, 0.15) is 0 Å². The molecule has 21 heavy (non-hydrogen) atoms. The molecule has 7 nitrogen and oxygen atoms in total. The minimum absolute atomic E-state index is 0.0348. The van der Waals surface area contributed by atoms with Crippen molar-refractivity contribution in [2.24, 2.45) is 5.73 Å². The Balaban J connectivity index is 2.17. The molecule has 1 fully saturated rings. The van der Waals surface area contributed by atoms with Crippen molar-refractivity contribution >= 4 is 0 Å². The first-order chi connectivity index (χ1) is 10.0. The molecule has 1 saturated heterocycles. The molecule has 0 bridgehead atoms. The summed E-state index contributed by atoms with van der Waals surface area (Å²) in [4.78, 5) is 4.36. The van der Waals surface area contributed by atoms with Gasteiger partial charge >= 0.3 is 0 Å². The van der Waals surface area contributed by atoms with Crippen LogP contribution in [0.4, 0.5) is 0 Å². The average molecular weight is 297 g/mol. The van der Waals surface area contributed by atoms with Crippen molar-refractivity contribution in [3.63, 3.8) is 0 Å². The molecule has 1 aromatic rings. The van der Waals surface area contributed by atoms with Crippen LogP contribution < -0.4 is 10.5 Å². The highest BCUT2D eigenvalue weighted by Gasteiger charge is 2.30. The summed E-state index contributed by atoms with van der Waals surface area (Å²) in [5, 5.41) is 4.41. The van der Waals surface area contributed by atoms with Crippen molar-refractivity contribution in [3.8, 4) is 5.75 Å². The fraction of sp³-hybridized carbons (Fsp3) is 0.786. The van der Waals surface area contributed by atoms with Gasteiger partial charge in [-0.25, -0.2) is 0 Å². The molecule has 1 aliphatic rings. The number of likely N-dealkylation sites (N-methyl/N-ethyl adjacent to an activating group) is 2. The van der Waals surface area contributed by atoms with E-state index in [2.05, 4.69) is 21.9 Å². The molecule has 0 saturated carbocycles. The van der Waals surface area contributed by atoms with Crippen LogP contribution in [-0.2, 0) is 11.3 Å². The van der Waals surface area contributed by atoms with E-state index < -0.39 is 0 Å². The maximum atomic E-state index is 6.45. The Morgan fingerprint density at radius 3 is 2.95 bits per heavy atom. The molecule has 2 atom stereocenters. The average Bonchev–Trinajstić information content (AvgIpc) is 2.87. The predicted octanol–water partition coefficient (Wildman–Crippen LogP) is -0.216. The number of aromatic nitrogens is 2. The predicted molar refractivity (Wildman–Crippen MR) is 81.5 cm³/mol. The fourth-order valence-electron chi connectivity index (χ4n) is 2.55. The molecule has 120 valence electrons. The van der Waals surface area contributed by atoms with E-state index >= 15 is 0 Å². The molecule has 1 aromatic heterocycles. The zero-order valence-corrected chi connectivity index (χ0v) is 13.5. The Bertz CT molecular complexity index is 449. The zero-order chi connectivity index (χ0) is 15.4. The van der Waals surface area contributed by atoms with E-state index in [0.717, 1.165) is 37.6 Å². The number of hydrogen-bond acceptors (Lipinski definition) is 6. The van der Waals surface area contributed by atoms with Crippen LogP contribution in [0.5, 0.6) is 5.75 Å². The first kappa shape index (κ1) is 16.2. The second kappa shape index (κ2) is 7.22. The number of methoxy groups -OCH3 is 1. The van der Waals surface area contributed by atoms with Crippen LogP contribution in [0.2, 0.25) is 0 Å². The third-order valence-corrected chi connectivity index (χ3v) is 3.84. The van der Waals surface area contributed by atoms with Gasteiger partial charge in [-0.15, -0.1) is 0 Å². The summed E-state index contributed by atoms with van der Waals surface area (Å²) < 4.78 is 13.2. The Labute approximate surface area is 126 Å². The molecule has 2 N–H and O–H groups in total. The van der Waals surface area contributed by atoms with E-state index in [1.54, 1.807) is 13.3 Å². The van der Waals surface area contributed by atoms with Gasteiger partial charge < -0.3 is 25.0 Å². The number of hydrogen-bond donors (Lipinski definition) is 1. The zero-order valence-electron chi connectivity index (χ0n) is 13.5. The number of ether oxygens (including phenoxy) is 2. The summed E-state index contributed by atoms with van der Waals surface area (Å²) in [5.74, 6) is 0.734. The molecule has 0 aromatic carbocycles. The summed E-state index contributed by atoms with van der Waals surface area (Å²) in [7, 11) is 7.82. The molecule has 7 heteroatoms. The van der Waals surface area contributed by atoms with Crippen LogP contribution in [-0.4, -0.2) is 80.2 Å². The van der Waals surface area contributed by atoms with Gasteiger partial charge in [0.05, 0.1) is 44.3 Å². The first-order valence-electron chi connectivity index (χ1n) is 7.33. The van der Waals surface area contributed by atoms with Crippen molar-refractivity contribution in [1.82, 2.24) is 19.6 Å². The van der Waals surface area contributed by atoms with Gasteiger partial charge in [0.15, 0.2) is 5.75 Å². The number of rotatable bonds is 6. The lowest BCUT2D eigenvalue weighted by atomic mass is 10.1. The van der Waals surface area contributed by atoms with Crippen molar-refractivity contribution < 1.29 is 9.47 Å². The Hall–Kier alpha value is -1.15. The minimum atomic E-state index is -0.243. The Morgan fingerprint density at radius 2 is 2.33 bits per heavy atom. The summed E-state index contributed by atoms with van der Waals surface area (Å²) in [6, 6.07) is -0.243. The first-order valence-corrected chi connectivity index (χ1v) is 7.33. The molecule has 0 aliphatic carbocycles. The minimum Gasteiger partial charge on any atom is -0.493 e. The van der Waals surface area contributed by atoms with E-state index in [-0.39, 0.29) is 12.1 Å². The maximum Gasteiger partial charge on any atom is 0.161 e. The normalized spacial score (nSPS) is 21.7. The fourth-order valence-corrected chi connectivity index (χ4v) is 2.55. The van der Waals surface area contributed by atoms with Crippen LogP contribution >= 0.6 is 0 Å². The highest BCUT2D eigenvalue weighted by atomic mass is 16.5. The third kappa shape index (κ3) is 3.94. The van der Waals surface area contributed by atoms with E-state index in [1.165, 1.54) is 0 Å². The summed E-state index contributed by atoms with van der Waals surface area (Å²) in [5.41, 5.74) is 7.37. The highest BCUT2D eigenvalue weighted by Crippen LogP contribution is 2.28. The summed E-state index contributed by atoms with van der Waals surface area (Å²) in [6.45, 7) is 4.16. The highest BCUT2D eigenvalue weighted by molar-refractivity contribution is 5.29. The number of nitrogens with zero attached hydrogens (tertiary/aromatic N) is 4.